The molecule has 0 bridgehead atoms. The number of aliphatic hydroxyl groups is 1. The maximum absolute atomic E-state index is 13.2. The first-order valence-electron chi connectivity index (χ1n) is 7.43. The quantitative estimate of drug-likeness (QED) is 0.859. The molecule has 112 valence electrons. The van der Waals surface area contributed by atoms with Gasteiger partial charge in [-0.15, -0.1) is 0 Å². The van der Waals surface area contributed by atoms with Gasteiger partial charge in [0.15, 0.2) is 0 Å². The highest BCUT2D eigenvalue weighted by Gasteiger charge is 2.28. The van der Waals surface area contributed by atoms with Crippen LogP contribution >= 0.6 is 0 Å². The topological polar surface area (TPSA) is 59.2 Å². The Morgan fingerprint density at radius 2 is 2.05 bits per heavy atom. The first kappa shape index (κ1) is 14.2. The average Bonchev–Trinajstić information content (AvgIpc) is 2.82. The van der Waals surface area contributed by atoms with Gasteiger partial charge in [0.05, 0.1) is 12.0 Å². The van der Waals surface area contributed by atoms with Crippen molar-refractivity contribution in [2.75, 3.05) is 0 Å². The van der Waals surface area contributed by atoms with Crippen LogP contribution in [-0.4, -0.2) is 21.4 Å². The van der Waals surface area contributed by atoms with Crippen LogP contribution in [0.2, 0.25) is 0 Å². The van der Waals surface area contributed by atoms with Crippen LogP contribution in [0.3, 0.4) is 0 Å². The summed E-state index contributed by atoms with van der Waals surface area (Å²) >= 11 is 0. The van der Waals surface area contributed by atoms with E-state index in [0.717, 1.165) is 43.2 Å². The summed E-state index contributed by atoms with van der Waals surface area (Å²) in [7, 11) is 0. The second-order valence-electron chi connectivity index (χ2n) is 5.73. The first-order chi connectivity index (χ1) is 10.1. The third-order valence-corrected chi connectivity index (χ3v) is 4.17. The number of halogens is 1. The third-order valence-electron chi connectivity index (χ3n) is 4.17. The summed E-state index contributed by atoms with van der Waals surface area (Å²) in [5, 5.41) is 14.2. The molecule has 0 saturated heterocycles. The van der Waals surface area contributed by atoms with Gasteiger partial charge in [0, 0.05) is 5.56 Å². The summed E-state index contributed by atoms with van der Waals surface area (Å²) in [6.45, 7) is 1.81. The van der Waals surface area contributed by atoms with E-state index in [1.807, 2.05) is 6.92 Å². The molecule has 21 heavy (non-hydrogen) atoms. The molecule has 5 heteroatoms. The minimum Gasteiger partial charge on any atom is -0.392 e. The van der Waals surface area contributed by atoms with Gasteiger partial charge in [-0.1, -0.05) is 24.4 Å². The van der Waals surface area contributed by atoms with Gasteiger partial charge in [0.2, 0.25) is 11.7 Å². The largest absolute Gasteiger partial charge is 0.392 e. The van der Waals surface area contributed by atoms with Crippen LogP contribution in [0.4, 0.5) is 4.39 Å². The zero-order chi connectivity index (χ0) is 14.8. The van der Waals surface area contributed by atoms with E-state index < -0.39 is 6.10 Å². The van der Waals surface area contributed by atoms with Crippen LogP contribution < -0.4 is 0 Å². The van der Waals surface area contributed by atoms with Crippen molar-refractivity contribution in [3.8, 4) is 11.4 Å². The Hall–Kier alpha value is -1.75. The molecule has 2 aromatic rings. The SMILES string of the molecule is Cc1cc(F)ccc1-c1noc(C2CCCCCC2O)n1. The number of nitrogens with zero attached hydrogens (tertiary/aromatic N) is 2. The Labute approximate surface area is 123 Å². The molecule has 4 nitrogen and oxygen atoms in total. The molecule has 1 fully saturated rings. The Balaban J connectivity index is 1.88. The molecule has 0 aliphatic heterocycles. The molecule has 1 aliphatic rings. The normalized spacial score (nSPS) is 23.0. The van der Waals surface area contributed by atoms with Gasteiger partial charge in [-0.25, -0.2) is 4.39 Å². The highest BCUT2D eigenvalue weighted by molar-refractivity contribution is 5.59. The zero-order valence-corrected chi connectivity index (χ0v) is 12.1. The maximum atomic E-state index is 13.2. The molecule has 0 amide bonds. The molecule has 0 radical (unpaired) electrons. The van der Waals surface area contributed by atoms with Crippen LogP contribution in [0.1, 0.15) is 49.5 Å². The molecule has 2 unspecified atom stereocenters. The number of hydrogen-bond acceptors (Lipinski definition) is 4. The standard InChI is InChI=1S/C16H19FN2O2/c1-10-9-11(17)7-8-12(10)15-18-16(21-19-15)13-5-3-2-4-6-14(13)20/h7-9,13-14,20H,2-6H2,1H3. The molecule has 1 saturated carbocycles. The van der Waals surface area contributed by atoms with Gasteiger partial charge in [0.1, 0.15) is 5.82 Å². The molecule has 1 N–H and O–H groups in total. The molecule has 3 rings (SSSR count). The van der Waals surface area contributed by atoms with Crippen molar-refractivity contribution >= 4 is 0 Å². The molecule has 2 atom stereocenters. The smallest absolute Gasteiger partial charge is 0.232 e. The van der Waals surface area contributed by atoms with Crippen LogP contribution in [-0.2, 0) is 0 Å². The highest BCUT2D eigenvalue weighted by atomic mass is 19.1. The van der Waals surface area contributed by atoms with Gasteiger partial charge >= 0.3 is 0 Å². The summed E-state index contributed by atoms with van der Waals surface area (Å²) in [5.41, 5.74) is 1.53. The Morgan fingerprint density at radius 3 is 2.86 bits per heavy atom. The molecule has 0 spiro atoms. The zero-order valence-electron chi connectivity index (χ0n) is 12.1. The Morgan fingerprint density at radius 1 is 1.24 bits per heavy atom. The van der Waals surface area contributed by atoms with Crippen molar-refractivity contribution in [3.05, 3.63) is 35.5 Å². The third kappa shape index (κ3) is 2.97. The fraction of sp³-hybridized carbons (Fsp3) is 0.500. The van der Waals surface area contributed by atoms with Crippen molar-refractivity contribution in [1.82, 2.24) is 10.1 Å². The van der Waals surface area contributed by atoms with Crippen molar-refractivity contribution < 1.29 is 14.0 Å². The van der Waals surface area contributed by atoms with Gasteiger partial charge in [-0.2, -0.15) is 4.98 Å². The number of aliphatic hydroxyl groups excluding tert-OH is 1. The van der Waals surface area contributed by atoms with Crippen LogP contribution in [0, 0.1) is 12.7 Å². The first-order valence-corrected chi connectivity index (χ1v) is 7.43. The summed E-state index contributed by atoms with van der Waals surface area (Å²) in [6, 6.07) is 4.49. The molecule has 1 aromatic heterocycles. The van der Waals surface area contributed by atoms with E-state index in [0.29, 0.717) is 11.7 Å². The fourth-order valence-electron chi connectivity index (χ4n) is 2.95. The number of benzene rings is 1. The minimum absolute atomic E-state index is 0.0884. The highest BCUT2D eigenvalue weighted by Crippen LogP contribution is 2.32. The Bertz CT molecular complexity index is 626. The summed E-state index contributed by atoms with van der Waals surface area (Å²) in [5.74, 6) is 0.579. The number of hydrogen-bond donors (Lipinski definition) is 1. The number of aromatic nitrogens is 2. The fourth-order valence-corrected chi connectivity index (χ4v) is 2.95. The van der Waals surface area contributed by atoms with E-state index in [-0.39, 0.29) is 11.7 Å². The van der Waals surface area contributed by atoms with Gasteiger partial charge < -0.3 is 9.63 Å². The molecular formula is C16H19FN2O2. The average molecular weight is 290 g/mol. The monoisotopic (exact) mass is 290 g/mol. The lowest BCUT2D eigenvalue weighted by atomic mass is 9.97. The Kier molecular flexibility index (Phi) is 4.01. The van der Waals surface area contributed by atoms with Gasteiger partial charge in [-0.05, 0) is 43.5 Å². The van der Waals surface area contributed by atoms with Crippen LogP contribution in [0.5, 0.6) is 0 Å². The van der Waals surface area contributed by atoms with Crippen molar-refractivity contribution in [2.24, 2.45) is 0 Å². The van der Waals surface area contributed by atoms with E-state index >= 15 is 0 Å². The predicted octanol–water partition coefficient (Wildman–Crippen LogP) is 3.59. The lowest BCUT2D eigenvalue weighted by Gasteiger charge is -2.15. The maximum Gasteiger partial charge on any atom is 0.232 e. The number of rotatable bonds is 2. The molecule has 1 aromatic carbocycles. The van der Waals surface area contributed by atoms with Gasteiger partial charge in [0.25, 0.3) is 0 Å². The van der Waals surface area contributed by atoms with Crippen LogP contribution in [0.15, 0.2) is 22.7 Å². The second-order valence-corrected chi connectivity index (χ2v) is 5.73. The number of aryl methyl sites for hydroxylation is 1. The van der Waals surface area contributed by atoms with Crippen molar-refractivity contribution in [3.63, 3.8) is 0 Å². The summed E-state index contributed by atoms with van der Waals surface area (Å²) in [4.78, 5) is 4.43. The predicted molar refractivity (Wildman–Crippen MR) is 76.3 cm³/mol. The second kappa shape index (κ2) is 5.93. The van der Waals surface area contributed by atoms with E-state index in [1.165, 1.54) is 12.1 Å². The minimum atomic E-state index is -0.421. The van der Waals surface area contributed by atoms with Crippen LogP contribution in [0.25, 0.3) is 11.4 Å². The summed E-state index contributed by atoms with van der Waals surface area (Å²) < 4.78 is 18.5. The molecular weight excluding hydrogens is 271 g/mol. The lowest BCUT2D eigenvalue weighted by Crippen LogP contribution is -2.17. The molecule has 1 aliphatic carbocycles. The van der Waals surface area contributed by atoms with Crippen molar-refractivity contribution in [1.29, 1.82) is 0 Å². The summed E-state index contributed by atoms with van der Waals surface area (Å²) in [6.07, 6.45) is 4.45. The van der Waals surface area contributed by atoms with Crippen molar-refractivity contribution in [2.45, 2.75) is 51.0 Å². The lowest BCUT2D eigenvalue weighted by molar-refractivity contribution is 0.119. The van der Waals surface area contributed by atoms with E-state index in [4.69, 9.17) is 4.52 Å². The molecule has 1 heterocycles. The van der Waals surface area contributed by atoms with E-state index in [9.17, 15) is 9.50 Å². The van der Waals surface area contributed by atoms with Gasteiger partial charge in [-0.3, -0.25) is 0 Å². The van der Waals surface area contributed by atoms with E-state index in [1.54, 1.807) is 6.07 Å². The van der Waals surface area contributed by atoms with E-state index in [2.05, 4.69) is 10.1 Å².